The molecule has 0 radical (unpaired) electrons. The molecule has 1 N–H and O–H groups in total. The van der Waals surface area contributed by atoms with Gasteiger partial charge in [-0.1, -0.05) is 34.1 Å². The summed E-state index contributed by atoms with van der Waals surface area (Å²) < 4.78 is 4.88. The molecule has 0 spiro atoms. The minimum atomic E-state index is -0.305. The molecule has 0 aromatic heterocycles. The van der Waals surface area contributed by atoms with E-state index < -0.39 is 0 Å². The second kappa shape index (κ2) is 8.69. The number of carbonyl (C=O) groups is 2. The number of nitrogens with one attached hydrogen (secondary N) is 1. The summed E-state index contributed by atoms with van der Waals surface area (Å²) in [5.74, 6) is -0.347. The number of alkyl halides is 1. The summed E-state index contributed by atoms with van der Waals surface area (Å²) in [5, 5.41) is 2.81. The minimum Gasteiger partial charge on any atom is -0.465 e. The third-order valence-electron chi connectivity index (χ3n) is 2.50. The number of benzene rings is 1. The van der Waals surface area contributed by atoms with E-state index in [1.807, 2.05) is 18.2 Å². The highest BCUT2D eigenvalue weighted by molar-refractivity contribution is 9.10. The number of esters is 1. The summed E-state index contributed by atoms with van der Waals surface area (Å²) in [4.78, 5) is 22.7. The number of ether oxygens (including phenoxy) is 1. The highest BCUT2D eigenvalue weighted by Crippen LogP contribution is 2.09. The van der Waals surface area contributed by atoms with Crippen LogP contribution in [0.5, 0.6) is 0 Å². The first-order valence-electron chi connectivity index (χ1n) is 6.29. The van der Waals surface area contributed by atoms with Crippen molar-refractivity contribution in [3.8, 4) is 0 Å². The number of halogens is 1. The molecule has 1 aromatic rings. The Morgan fingerprint density at radius 2 is 2.00 bits per heavy atom. The van der Waals surface area contributed by atoms with Crippen molar-refractivity contribution in [1.29, 1.82) is 0 Å². The lowest BCUT2D eigenvalue weighted by Crippen LogP contribution is -2.26. The van der Waals surface area contributed by atoms with Gasteiger partial charge in [0.25, 0.3) is 5.91 Å². The molecule has 5 heteroatoms. The van der Waals surface area contributed by atoms with Crippen LogP contribution >= 0.6 is 15.9 Å². The van der Waals surface area contributed by atoms with Crippen molar-refractivity contribution < 1.29 is 14.3 Å². The van der Waals surface area contributed by atoms with Crippen molar-refractivity contribution in [2.24, 2.45) is 0 Å². The van der Waals surface area contributed by atoms with Gasteiger partial charge in [-0.25, -0.2) is 0 Å². The number of hydrogen-bond donors (Lipinski definition) is 1. The van der Waals surface area contributed by atoms with E-state index in [9.17, 15) is 9.59 Å². The SMILES string of the molecule is CCOC(=O)C(Br)CCCNC(=O)c1ccccc1. The largest absolute Gasteiger partial charge is 0.465 e. The molecule has 0 heterocycles. The predicted octanol–water partition coefficient (Wildman–Crippen LogP) is 2.52. The summed E-state index contributed by atoms with van der Waals surface area (Å²) >= 11 is 3.27. The van der Waals surface area contributed by atoms with Crippen LogP contribution in [0.25, 0.3) is 0 Å². The molecule has 0 aliphatic rings. The Morgan fingerprint density at radius 1 is 1.32 bits per heavy atom. The fourth-order valence-electron chi connectivity index (χ4n) is 1.53. The molecular formula is C14H18BrNO3. The summed E-state index contributed by atoms with van der Waals surface area (Å²) in [6.07, 6.45) is 1.35. The molecule has 0 saturated heterocycles. The molecule has 1 aromatic carbocycles. The number of hydrogen-bond acceptors (Lipinski definition) is 3. The van der Waals surface area contributed by atoms with E-state index in [1.54, 1.807) is 19.1 Å². The number of rotatable bonds is 7. The predicted molar refractivity (Wildman–Crippen MR) is 77.4 cm³/mol. The van der Waals surface area contributed by atoms with E-state index >= 15 is 0 Å². The summed E-state index contributed by atoms with van der Waals surface area (Å²) in [6.45, 7) is 2.69. The van der Waals surface area contributed by atoms with Crippen LogP contribution in [0.4, 0.5) is 0 Å². The highest BCUT2D eigenvalue weighted by Gasteiger charge is 2.15. The van der Waals surface area contributed by atoms with Crippen molar-refractivity contribution in [2.45, 2.75) is 24.6 Å². The zero-order valence-electron chi connectivity index (χ0n) is 10.9. The molecule has 1 unspecified atom stereocenters. The van der Waals surface area contributed by atoms with Crippen LogP contribution < -0.4 is 5.32 Å². The molecule has 1 amide bonds. The Balaban J connectivity index is 2.21. The molecule has 0 saturated carbocycles. The van der Waals surface area contributed by atoms with Gasteiger partial charge < -0.3 is 10.1 Å². The van der Waals surface area contributed by atoms with Crippen LogP contribution in [0.1, 0.15) is 30.1 Å². The molecule has 0 bridgehead atoms. The lowest BCUT2D eigenvalue weighted by molar-refractivity contribution is -0.142. The third-order valence-corrected chi connectivity index (χ3v) is 3.33. The van der Waals surface area contributed by atoms with Gasteiger partial charge in [0, 0.05) is 12.1 Å². The van der Waals surface area contributed by atoms with E-state index in [2.05, 4.69) is 21.2 Å². The van der Waals surface area contributed by atoms with Gasteiger partial charge in [0.15, 0.2) is 0 Å². The maximum Gasteiger partial charge on any atom is 0.319 e. The van der Waals surface area contributed by atoms with Gasteiger partial charge in [-0.15, -0.1) is 0 Å². The van der Waals surface area contributed by atoms with Gasteiger partial charge in [-0.3, -0.25) is 9.59 Å². The molecule has 4 nitrogen and oxygen atoms in total. The average molecular weight is 328 g/mol. The van der Waals surface area contributed by atoms with Gasteiger partial charge in [-0.05, 0) is 31.9 Å². The Bertz CT molecular complexity index is 408. The van der Waals surface area contributed by atoms with Gasteiger partial charge in [0.2, 0.25) is 0 Å². The van der Waals surface area contributed by atoms with Crippen molar-refractivity contribution in [3.05, 3.63) is 35.9 Å². The van der Waals surface area contributed by atoms with Crippen LogP contribution in [0.2, 0.25) is 0 Å². The van der Waals surface area contributed by atoms with Gasteiger partial charge >= 0.3 is 5.97 Å². The number of carbonyl (C=O) groups excluding carboxylic acids is 2. The molecule has 0 aliphatic heterocycles. The maximum atomic E-state index is 11.7. The summed E-state index contributed by atoms with van der Waals surface area (Å²) in [7, 11) is 0. The smallest absolute Gasteiger partial charge is 0.319 e. The zero-order chi connectivity index (χ0) is 14.1. The highest BCUT2D eigenvalue weighted by atomic mass is 79.9. The van der Waals surface area contributed by atoms with E-state index in [0.717, 1.165) is 0 Å². The normalized spacial score (nSPS) is 11.7. The van der Waals surface area contributed by atoms with Crippen LogP contribution in [0.3, 0.4) is 0 Å². The molecule has 1 atom stereocenters. The Labute approximate surface area is 121 Å². The first-order chi connectivity index (χ1) is 9.15. The number of amides is 1. The Morgan fingerprint density at radius 3 is 2.63 bits per heavy atom. The van der Waals surface area contributed by atoms with Crippen LogP contribution in [0.15, 0.2) is 30.3 Å². The fraction of sp³-hybridized carbons (Fsp3) is 0.429. The quantitative estimate of drug-likeness (QED) is 0.475. The fourth-order valence-corrected chi connectivity index (χ4v) is 1.98. The van der Waals surface area contributed by atoms with E-state index in [-0.39, 0.29) is 16.7 Å². The molecular weight excluding hydrogens is 310 g/mol. The second-order valence-electron chi connectivity index (χ2n) is 3.98. The molecule has 1 rings (SSSR count). The van der Waals surface area contributed by atoms with Crippen LogP contribution in [0, 0.1) is 0 Å². The van der Waals surface area contributed by atoms with Crippen LogP contribution in [-0.2, 0) is 9.53 Å². The first kappa shape index (κ1) is 15.7. The van der Waals surface area contributed by atoms with Crippen molar-refractivity contribution in [3.63, 3.8) is 0 Å². The molecule has 19 heavy (non-hydrogen) atoms. The van der Waals surface area contributed by atoms with Gasteiger partial charge in [-0.2, -0.15) is 0 Å². The first-order valence-corrected chi connectivity index (χ1v) is 7.20. The molecule has 0 fully saturated rings. The standard InChI is InChI=1S/C14H18BrNO3/c1-2-19-14(18)12(15)9-6-10-16-13(17)11-7-4-3-5-8-11/h3-5,7-8,12H,2,6,9-10H2,1H3,(H,16,17). The van der Waals surface area contributed by atoms with Crippen LogP contribution in [-0.4, -0.2) is 29.9 Å². The van der Waals surface area contributed by atoms with E-state index in [4.69, 9.17) is 4.74 Å². The van der Waals surface area contributed by atoms with Crippen molar-refractivity contribution >= 4 is 27.8 Å². The Kier molecular flexibility index (Phi) is 7.18. The Hall–Kier alpha value is -1.36. The van der Waals surface area contributed by atoms with Gasteiger partial charge in [0.1, 0.15) is 4.83 Å². The van der Waals surface area contributed by atoms with Gasteiger partial charge in [0.05, 0.1) is 6.61 Å². The maximum absolute atomic E-state index is 11.7. The van der Waals surface area contributed by atoms with Crippen molar-refractivity contribution in [2.75, 3.05) is 13.2 Å². The molecule has 0 aliphatic carbocycles. The summed E-state index contributed by atoms with van der Waals surface area (Å²) in [6, 6.07) is 9.04. The topological polar surface area (TPSA) is 55.4 Å². The lowest BCUT2D eigenvalue weighted by atomic mass is 10.2. The third kappa shape index (κ3) is 5.87. The average Bonchev–Trinajstić information content (AvgIpc) is 2.44. The van der Waals surface area contributed by atoms with Crippen molar-refractivity contribution in [1.82, 2.24) is 5.32 Å². The van der Waals surface area contributed by atoms with E-state index in [1.165, 1.54) is 0 Å². The second-order valence-corrected chi connectivity index (χ2v) is 5.09. The molecule has 104 valence electrons. The monoisotopic (exact) mass is 327 g/mol. The summed E-state index contributed by atoms with van der Waals surface area (Å²) in [5.41, 5.74) is 0.642. The lowest BCUT2D eigenvalue weighted by Gasteiger charge is -2.09. The van der Waals surface area contributed by atoms with E-state index in [0.29, 0.717) is 31.6 Å². The zero-order valence-corrected chi connectivity index (χ0v) is 12.5. The minimum absolute atomic E-state index is 0.0946.